The molecule has 0 aliphatic carbocycles. The van der Waals surface area contributed by atoms with Crippen LogP contribution in [-0.4, -0.2) is 56.1 Å². The van der Waals surface area contributed by atoms with Crippen molar-refractivity contribution in [3.8, 4) is 11.4 Å². The first-order valence-corrected chi connectivity index (χ1v) is 14.5. The van der Waals surface area contributed by atoms with E-state index in [9.17, 15) is 4.21 Å². The van der Waals surface area contributed by atoms with E-state index in [0.717, 1.165) is 53.3 Å². The first-order valence-electron chi connectivity index (χ1n) is 12.9. The molecular formula is C28H37FN4OS. The first kappa shape index (κ1) is 24.6. The predicted molar refractivity (Wildman–Crippen MR) is 142 cm³/mol. The fourth-order valence-electron chi connectivity index (χ4n) is 6.13. The summed E-state index contributed by atoms with van der Waals surface area (Å²) >= 11 is 0. The van der Waals surface area contributed by atoms with Crippen molar-refractivity contribution in [2.24, 2.45) is 7.05 Å². The van der Waals surface area contributed by atoms with Crippen LogP contribution in [0, 0.1) is 5.82 Å². The van der Waals surface area contributed by atoms with Gasteiger partial charge >= 0.3 is 0 Å². The molecule has 3 aromatic rings. The second kappa shape index (κ2) is 10.1. The molecule has 35 heavy (non-hydrogen) atoms. The van der Waals surface area contributed by atoms with Crippen LogP contribution in [-0.2, 0) is 17.8 Å². The second-order valence-corrected chi connectivity index (χ2v) is 11.8. The molecule has 188 valence electrons. The SMILES string of the molecule is CCC1CC(N2CCC(c3cc4c(cc3F)nc(-c3ccc(S(C)=O)cc3)n4C)CC2)CC(C)N1. The van der Waals surface area contributed by atoms with E-state index >= 15 is 4.39 Å². The number of aryl methyl sites for hydroxylation is 1. The number of hydrogen-bond donors (Lipinski definition) is 1. The average molecular weight is 497 g/mol. The lowest BCUT2D eigenvalue weighted by Gasteiger charge is -2.43. The first-order chi connectivity index (χ1) is 16.8. The van der Waals surface area contributed by atoms with Gasteiger partial charge in [0.25, 0.3) is 0 Å². The van der Waals surface area contributed by atoms with E-state index in [4.69, 9.17) is 4.98 Å². The third kappa shape index (κ3) is 4.95. The summed E-state index contributed by atoms with van der Waals surface area (Å²) in [5, 5.41) is 3.72. The maximum atomic E-state index is 15.3. The van der Waals surface area contributed by atoms with Gasteiger partial charge in [0, 0.05) is 58.8 Å². The highest BCUT2D eigenvalue weighted by Gasteiger charge is 2.32. The summed E-state index contributed by atoms with van der Waals surface area (Å²) in [6, 6.07) is 13.1. The van der Waals surface area contributed by atoms with Crippen LogP contribution in [0.2, 0.25) is 0 Å². The molecule has 2 fully saturated rings. The fourth-order valence-corrected chi connectivity index (χ4v) is 6.64. The van der Waals surface area contributed by atoms with Crippen molar-refractivity contribution >= 4 is 21.8 Å². The van der Waals surface area contributed by atoms with Gasteiger partial charge < -0.3 is 14.8 Å². The molecular weight excluding hydrogens is 459 g/mol. The Morgan fingerprint density at radius 2 is 1.86 bits per heavy atom. The number of halogens is 1. The van der Waals surface area contributed by atoms with Crippen LogP contribution in [0.5, 0.6) is 0 Å². The van der Waals surface area contributed by atoms with E-state index in [1.54, 1.807) is 12.3 Å². The predicted octanol–water partition coefficient (Wildman–Crippen LogP) is 5.22. The Morgan fingerprint density at radius 1 is 1.14 bits per heavy atom. The number of aromatic nitrogens is 2. The molecule has 4 unspecified atom stereocenters. The molecule has 7 heteroatoms. The lowest BCUT2D eigenvalue weighted by Crippen LogP contribution is -2.53. The number of hydrogen-bond acceptors (Lipinski definition) is 4. The molecule has 0 saturated carbocycles. The van der Waals surface area contributed by atoms with Gasteiger partial charge in [0.05, 0.1) is 11.0 Å². The second-order valence-electron chi connectivity index (χ2n) is 10.4. The lowest BCUT2D eigenvalue weighted by atomic mass is 9.85. The molecule has 0 spiro atoms. The Bertz CT molecular complexity index is 1220. The minimum Gasteiger partial charge on any atom is -0.327 e. The summed E-state index contributed by atoms with van der Waals surface area (Å²) in [6.07, 6.45) is 7.27. The number of nitrogens with zero attached hydrogens (tertiary/aromatic N) is 3. The van der Waals surface area contributed by atoms with Crippen LogP contribution in [0.4, 0.5) is 4.39 Å². The normalized spacial score (nSPS) is 25.2. The molecule has 0 amide bonds. The molecule has 2 aliphatic rings. The average Bonchev–Trinajstić information content (AvgIpc) is 3.18. The monoisotopic (exact) mass is 496 g/mol. The number of piperidine rings is 2. The van der Waals surface area contributed by atoms with E-state index in [1.165, 1.54) is 19.3 Å². The maximum Gasteiger partial charge on any atom is 0.140 e. The van der Waals surface area contributed by atoms with E-state index in [2.05, 4.69) is 24.1 Å². The molecule has 5 nitrogen and oxygen atoms in total. The molecule has 0 radical (unpaired) electrons. The van der Waals surface area contributed by atoms with Gasteiger partial charge in [-0.15, -0.1) is 0 Å². The highest BCUT2D eigenvalue weighted by molar-refractivity contribution is 7.84. The van der Waals surface area contributed by atoms with Gasteiger partial charge in [-0.2, -0.15) is 0 Å². The molecule has 0 bridgehead atoms. The number of nitrogens with one attached hydrogen (secondary N) is 1. The minimum absolute atomic E-state index is 0.140. The quantitative estimate of drug-likeness (QED) is 0.527. The zero-order chi connectivity index (χ0) is 24.7. The van der Waals surface area contributed by atoms with Crippen LogP contribution in [0.3, 0.4) is 0 Å². The van der Waals surface area contributed by atoms with Crippen LogP contribution in [0.1, 0.15) is 57.4 Å². The zero-order valence-corrected chi connectivity index (χ0v) is 22.1. The van der Waals surface area contributed by atoms with Crippen molar-refractivity contribution < 1.29 is 8.60 Å². The summed E-state index contributed by atoms with van der Waals surface area (Å²) in [6.45, 7) is 6.65. The van der Waals surface area contributed by atoms with E-state index in [-0.39, 0.29) is 11.7 Å². The highest BCUT2D eigenvalue weighted by atomic mass is 32.2. The van der Waals surface area contributed by atoms with Gasteiger partial charge in [0.2, 0.25) is 0 Å². The van der Waals surface area contributed by atoms with Gasteiger partial charge in [-0.3, -0.25) is 4.21 Å². The molecule has 1 N–H and O–H groups in total. The zero-order valence-electron chi connectivity index (χ0n) is 21.3. The van der Waals surface area contributed by atoms with Gasteiger partial charge in [0.1, 0.15) is 11.6 Å². The van der Waals surface area contributed by atoms with E-state index < -0.39 is 10.8 Å². The Kier molecular flexibility index (Phi) is 7.11. The van der Waals surface area contributed by atoms with Gasteiger partial charge in [0.15, 0.2) is 0 Å². The lowest BCUT2D eigenvalue weighted by molar-refractivity contribution is 0.0979. The number of imidazole rings is 1. The summed E-state index contributed by atoms with van der Waals surface area (Å²) in [7, 11) is 0.974. The van der Waals surface area contributed by atoms with E-state index in [1.807, 2.05) is 41.9 Å². The van der Waals surface area contributed by atoms with Crippen LogP contribution in [0.25, 0.3) is 22.4 Å². The molecule has 2 aromatic carbocycles. The summed E-state index contributed by atoms with van der Waals surface area (Å²) in [5.74, 6) is 0.901. The Hall–Kier alpha value is -2.09. The minimum atomic E-state index is -1.02. The number of fused-ring (bicyclic) bond motifs is 1. The summed E-state index contributed by atoms with van der Waals surface area (Å²) in [4.78, 5) is 8.18. The largest absolute Gasteiger partial charge is 0.327 e. The summed E-state index contributed by atoms with van der Waals surface area (Å²) in [5.41, 5.74) is 3.40. The van der Waals surface area contributed by atoms with E-state index in [0.29, 0.717) is 23.6 Å². The van der Waals surface area contributed by atoms with Crippen molar-refractivity contribution in [2.45, 2.75) is 74.9 Å². The van der Waals surface area contributed by atoms with Crippen molar-refractivity contribution in [2.75, 3.05) is 19.3 Å². The molecule has 2 saturated heterocycles. The highest BCUT2D eigenvalue weighted by Crippen LogP contribution is 2.35. The maximum absolute atomic E-state index is 15.3. The van der Waals surface area contributed by atoms with Crippen LogP contribution < -0.4 is 5.32 Å². The molecule has 2 aliphatic heterocycles. The number of rotatable bonds is 5. The number of benzene rings is 2. The smallest absolute Gasteiger partial charge is 0.140 e. The Balaban J connectivity index is 1.34. The van der Waals surface area contributed by atoms with Gasteiger partial charge in [-0.05, 0) is 81.8 Å². The molecule has 3 heterocycles. The van der Waals surface area contributed by atoms with Crippen LogP contribution in [0.15, 0.2) is 41.3 Å². The Morgan fingerprint density at radius 3 is 2.51 bits per heavy atom. The van der Waals surface area contributed by atoms with Crippen molar-refractivity contribution in [3.05, 3.63) is 47.8 Å². The van der Waals surface area contributed by atoms with Crippen molar-refractivity contribution in [1.29, 1.82) is 0 Å². The third-order valence-electron chi connectivity index (χ3n) is 8.12. The molecule has 4 atom stereocenters. The van der Waals surface area contributed by atoms with Gasteiger partial charge in [-0.1, -0.05) is 19.1 Å². The standard InChI is InChI=1S/C28H37FN4OS/c1-5-21-15-22(14-18(2)30-21)33-12-10-19(11-13-33)24-16-27-26(17-25(24)29)31-28(32(27)3)20-6-8-23(9-7-20)35(4)34/h6-9,16-19,21-22,30H,5,10-15H2,1-4H3. The molecule has 5 rings (SSSR count). The molecule has 1 aromatic heterocycles. The van der Waals surface area contributed by atoms with Gasteiger partial charge in [-0.25, -0.2) is 9.37 Å². The van der Waals surface area contributed by atoms with Crippen molar-refractivity contribution in [1.82, 2.24) is 19.8 Å². The Labute approximate surface area is 210 Å². The number of likely N-dealkylation sites (tertiary alicyclic amines) is 1. The fraction of sp³-hybridized carbons (Fsp3) is 0.536. The topological polar surface area (TPSA) is 50.2 Å². The van der Waals surface area contributed by atoms with Crippen molar-refractivity contribution in [3.63, 3.8) is 0 Å². The van der Waals surface area contributed by atoms with Crippen LogP contribution >= 0.6 is 0 Å². The summed E-state index contributed by atoms with van der Waals surface area (Å²) < 4.78 is 29.1. The third-order valence-corrected chi connectivity index (χ3v) is 9.06.